The molecule has 106 valence electrons. The first-order valence-electron chi connectivity index (χ1n) is 5.68. The fourth-order valence-corrected chi connectivity index (χ4v) is 4.59. The lowest BCUT2D eigenvalue weighted by Crippen LogP contribution is -1.83. The van der Waals surface area contributed by atoms with Crippen LogP contribution in [0.2, 0.25) is 20.1 Å². The van der Waals surface area contributed by atoms with E-state index in [0.717, 1.165) is 32.7 Å². The van der Waals surface area contributed by atoms with Gasteiger partial charge in [0.25, 0.3) is 0 Å². The first-order valence-corrected chi connectivity index (χ1v) is 9.68. The first kappa shape index (κ1) is 16.7. The Labute approximate surface area is 146 Å². The van der Waals surface area contributed by atoms with E-state index in [1.165, 1.54) is 0 Å². The molecule has 0 saturated heterocycles. The molecule has 0 N–H and O–H groups in total. The number of halogens is 4. The summed E-state index contributed by atoms with van der Waals surface area (Å²) in [6.07, 6.45) is 0. The van der Waals surface area contributed by atoms with Crippen molar-refractivity contribution in [2.45, 2.75) is 11.5 Å². The van der Waals surface area contributed by atoms with Crippen molar-refractivity contribution in [3.63, 3.8) is 0 Å². The van der Waals surface area contributed by atoms with Crippen molar-refractivity contribution < 1.29 is 0 Å². The summed E-state index contributed by atoms with van der Waals surface area (Å²) in [5.41, 5.74) is 2.07. The lowest BCUT2D eigenvalue weighted by molar-refractivity contribution is 1.42. The largest absolute Gasteiger partial charge is 0.0889 e. The SMILES string of the molecule is Clc1ccc(Cl)c(CSSCc2cc(Cl)ccc2Cl)c1. The summed E-state index contributed by atoms with van der Waals surface area (Å²) in [5.74, 6) is 1.59. The topological polar surface area (TPSA) is 0 Å². The van der Waals surface area contributed by atoms with Crippen LogP contribution in [0.5, 0.6) is 0 Å². The zero-order chi connectivity index (χ0) is 14.5. The third kappa shape index (κ3) is 4.94. The van der Waals surface area contributed by atoms with Gasteiger partial charge in [-0.25, -0.2) is 0 Å². The maximum absolute atomic E-state index is 6.12. The first-order chi connectivity index (χ1) is 9.56. The van der Waals surface area contributed by atoms with Crippen LogP contribution in [0.3, 0.4) is 0 Å². The van der Waals surface area contributed by atoms with Crippen molar-refractivity contribution in [3.05, 3.63) is 67.6 Å². The number of hydrogen-bond acceptors (Lipinski definition) is 2. The molecule has 0 unspecified atom stereocenters. The monoisotopic (exact) mass is 382 g/mol. The molecule has 0 heterocycles. The van der Waals surface area contributed by atoms with E-state index in [1.807, 2.05) is 24.3 Å². The third-order valence-corrected chi connectivity index (χ3v) is 5.97. The van der Waals surface area contributed by atoms with Crippen LogP contribution in [-0.4, -0.2) is 0 Å². The average molecular weight is 384 g/mol. The van der Waals surface area contributed by atoms with Gasteiger partial charge < -0.3 is 0 Å². The second-order valence-electron chi connectivity index (χ2n) is 4.00. The van der Waals surface area contributed by atoms with Gasteiger partial charge in [-0.05, 0) is 47.5 Å². The Morgan fingerprint density at radius 1 is 0.650 bits per heavy atom. The third-order valence-electron chi connectivity index (χ3n) is 2.53. The Kier molecular flexibility index (Phi) is 6.73. The second kappa shape index (κ2) is 8.07. The van der Waals surface area contributed by atoms with E-state index >= 15 is 0 Å². The number of benzene rings is 2. The van der Waals surface area contributed by atoms with Crippen molar-refractivity contribution >= 4 is 68.0 Å². The molecule has 0 spiro atoms. The molecule has 0 nitrogen and oxygen atoms in total. The molecule has 0 saturated carbocycles. The summed E-state index contributed by atoms with van der Waals surface area (Å²) in [4.78, 5) is 0. The Morgan fingerprint density at radius 3 is 1.45 bits per heavy atom. The van der Waals surface area contributed by atoms with Gasteiger partial charge in [0.2, 0.25) is 0 Å². The van der Waals surface area contributed by atoms with Crippen molar-refractivity contribution in [1.82, 2.24) is 0 Å². The highest BCUT2D eigenvalue weighted by Crippen LogP contribution is 2.34. The summed E-state index contributed by atoms with van der Waals surface area (Å²) >= 11 is 24.2. The highest BCUT2D eigenvalue weighted by Gasteiger charge is 2.04. The predicted molar refractivity (Wildman–Crippen MR) is 95.5 cm³/mol. The predicted octanol–water partition coefficient (Wildman–Crippen LogP) is 7.38. The molecule has 0 fully saturated rings. The van der Waals surface area contributed by atoms with E-state index in [9.17, 15) is 0 Å². The summed E-state index contributed by atoms with van der Waals surface area (Å²) in [7, 11) is 3.42. The summed E-state index contributed by atoms with van der Waals surface area (Å²) in [5, 5.41) is 2.88. The molecule has 0 aromatic heterocycles. The van der Waals surface area contributed by atoms with E-state index in [-0.39, 0.29) is 0 Å². The van der Waals surface area contributed by atoms with Gasteiger partial charge in [-0.1, -0.05) is 68.0 Å². The van der Waals surface area contributed by atoms with Crippen LogP contribution in [0.15, 0.2) is 36.4 Å². The maximum Gasteiger partial charge on any atom is 0.0447 e. The summed E-state index contributed by atoms with van der Waals surface area (Å²) in [6, 6.07) is 11.0. The van der Waals surface area contributed by atoms with Gasteiger partial charge in [0, 0.05) is 31.6 Å². The van der Waals surface area contributed by atoms with Gasteiger partial charge in [-0.2, -0.15) is 0 Å². The molecule has 2 aromatic rings. The highest BCUT2D eigenvalue weighted by atomic mass is 35.5. The van der Waals surface area contributed by atoms with Crippen molar-refractivity contribution in [2.75, 3.05) is 0 Å². The smallest absolute Gasteiger partial charge is 0.0447 e. The van der Waals surface area contributed by atoms with Crippen LogP contribution >= 0.6 is 68.0 Å². The lowest BCUT2D eigenvalue weighted by Gasteiger charge is -2.06. The van der Waals surface area contributed by atoms with Crippen molar-refractivity contribution in [2.24, 2.45) is 0 Å². The average Bonchev–Trinajstić information content (AvgIpc) is 2.42. The molecule has 0 aliphatic carbocycles. The van der Waals surface area contributed by atoms with E-state index in [0.29, 0.717) is 10.0 Å². The van der Waals surface area contributed by atoms with Gasteiger partial charge in [0.05, 0.1) is 0 Å². The van der Waals surface area contributed by atoms with Gasteiger partial charge in [0.1, 0.15) is 0 Å². The number of rotatable bonds is 5. The fraction of sp³-hybridized carbons (Fsp3) is 0.143. The standard InChI is InChI=1S/C14H10Cl4S2/c15-11-1-3-13(17)9(5-11)7-19-20-8-10-6-12(16)2-4-14(10)18/h1-6H,7-8H2. The minimum Gasteiger partial charge on any atom is -0.0889 e. The van der Waals surface area contributed by atoms with Gasteiger partial charge in [-0.15, -0.1) is 0 Å². The molecule has 0 atom stereocenters. The van der Waals surface area contributed by atoms with Gasteiger partial charge in [-0.3, -0.25) is 0 Å². The molecule has 0 bridgehead atoms. The van der Waals surface area contributed by atoms with Gasteiger partial charge >= 0.3 is 0 Å². The van der Waals surface area contributed by atoms with Crippen LogP contribution in [-0.2, 0) is 11.5 Å². The Hall–Kier alpha value is 0.300. The summed E-state index contributed by atoms with van der Waals surface area (Å²) in [6.45, 7) is 0. The van der Waals surface area contributed by atoms with Gasteiger partial charge in [0.15, 0.2) is 0 Å². The van der Waals surface area contributed by atoms with Crippen LogP contribution in [0, 0.1) is 0 Å². The second-order valence-corrected chi connectivity index (χ2v) is 8.15. The molecule has 0 radical (unpaired) electrons. The molecule has 0 aliphatic rings. The minimum atomic E-state index is 0.702. The van der Waals surface area contributed by atoms with E-state index in [4.69, 9.17) is 46.4 Å². The Morgan fingerprint density at radius 2 is 1.05 bits per heavy atom. The molecule has 20 heavy (non-hydrogen) atoms. The fourth-order valence-electron chi connectivity index (χ4n) is 1.52. The Bertz CT molecular complexity index is 548. The van der Waals surface area contributed by atoms with Crippen molar-refractivity contribution in [3.8, 4) is 0 Å². The van der Waals surface area contributed by atoms with Crippen LogP contribution in [0.25, 0.3) is 0 Å². The maximum atomic E-state index is 6.12. The lowest BCUT2D eigenvalue weighted by atomic mass is 10.2. The molecule has 2 rings (SSSR count). The van der Waals surface area contributed by atoms with Crippen LogP contribution in [0.1, 0.15) is 11.1 Å². The molecule has 2 aromatic carbocycles. The van der Waals surface area contributed by atoms with E-state index in [2.05, 4.69) is 0 Å². The van der Waals surface area contributed by atoms with Crippen LogP contribution in [0.4, 0.5) is 0 Å². The van der Waals surface area contributed by atoms with Crippen molar-refractivity contribution in [1.29, 1.82) is 0 Å². The number of hydrogen-bond donors (Lipinski definition) is 0. The molecular weight excluding hydrogens is 374 g/mol. The zero-order valence-corrected chi connectivity index (χ0v) is 14.9. The summed E-state index contributed by atoms with van der Waals surface area (Å²) < 4.78 is 0. The quantitative estimate of drug-likeness (QED) is 0.390. The minimum absolute atomic E-state index is 0.702. The molecule has 0 aliphatic heterocycles. The molecule has 0 amide bonds. The molecule has 6 heteroatoms. The zero-order valence-electron chi connectivity index (χ0n) is 10.2. The van der Waals surface area contributed by atoms with Crippen LogP contribution < -0.4 is 0 Å². The Balaban J connectivity index is 1.87. The van der Waals surface area contributed by atoms with E-state index < -0.39 is 0 Å². The molecular formula is C14H10Cl4S2. The highest BCUT2D eigenvalue weighted by molar-refractivity contribution is 8.76. The van der Waals surface area contributed by atoms with E-state index in [1.54, 1.807) is 33.7 Å². The normalized spacial score (nSPS) is 10.8.